The zero-order valence-electron chi connectivity index (χ0n) is 13.3. The Balaban J connectivity index is 1.53. The van der Waals surface area contributed by atoms with E-state index in [1.807, 2.05) is 0 Å². The molecule has 118 valence electrons. The summed E-state index contributed by atoms with van der Waals surface area (Å²) in [6.45, 7) is 1.01. The number of hydrogen-bond donors (Lipinski definition) is 1. The van der Waals surface area contributed by atoms with Crippen molar-refractivity contribution in [2.45, 2.75) is 45.1 Å². The summed E-state index contributed by atoms with van der Waals surface area (Å²) in [5.74, 6) is 0.618. The molecule has 3 aromatic rings. The van der Waals surface area contributed by atoms with E-state index in [9.17, 15) is 0 Å². The van der Waals surface area contributed by atoms with Crippen LogP contribution in [0.2, 0.25) is 0 Å². The first kappa shape index (κ1) is 14.2. The molecule has 2 heterocycles. The van der Waals surface area contributed by atoms with Gasteiger partial charge in [0.05, 0.1) is 5.52 Å². The van der Waals surface area contributed by atoms with Gasteiger partial charge in [-0.2, -0.15) is 0 Å². The van der Waals surface area contributed by atoms with Gasteiger partial charge in [-0.15, -0.1) is 0 Å². The average Bonchev–Trinajstić information content (AvgIpc) is 3.15. The van der Waals surface area contributed by atoms with Crippen molar-refractivity contribution in [2.24, 2.45) is 0 Å². The van der Waals surface area contributed by atoms with Crippen molar-refractivity contribution in [2.75, 3.05) is 5.73 Å². The minimum Gasteiger partial charge on any atom is -0.382 e. The molecule has 0 aliphatic heterocycles. The van der Waals surface area contributed by atoms with E-state index < -0.39 is 0 Å². The quantitative estimate of drug-likeness (QED) is 0.734. The second-order valence-electron chi connectivity index (χ2n) is 6.33. The van der Waals surface area contributed by atoms with Crippen molar-refractivity contribution in [3.05, 3.63) is 53.5 Å². The summed E-state index contributed by atoms with van der Waals surface area (Å²) in [7, 11) is 0. The molecule has 0 fully saturated rings. The van der Waals surface area contributed by atoms with Crippen LogP contribution in [0.5, 0.6) is 0 Å². The first-order valence-electron chi connectivity index (χ1n) is 8.49. The van der Waals surface area contributed by atoms with Crippen LogP contribution in [-0.2, 0) is 25.8 Å². The normalized spacial score (nSPS) is 13.6. The number of unbranched alkanes of at least 4 members (excludes halogenated alkanes) is 1. The molecule has 1 aliphatic carbocycles. The third kappa shape index (κ3) is 2.58. The summed E-state index contributed by atoms with van der Waals surface area (Å²) in [4.78, 5) is 8.70. The Kier molecular flexibility index (Phi) is 3.74. The maximum absolute atomic E-state index is 6.14. The third-order valence-corrected chi connectivity index (χ3v) is 4.86. The molecule has 4 heteroatoms. The minimum absolute atomic E-state index is 0.618. The van der Waals surface area contributed by atoms with Crippen LogP contribution in [0.4, 0.5) is 5.82 Å². The SMILES string of the molecule is Nc1ncnc2c3c(n(CCCCc4ccccc4)c12)CCC3. The highest BCUT2D eigenvalue weighted by Gasteiger charge is 2.23. The predicted octanol–water partition coefficient (Wildman–Crippen LogP) is 3.53. The van der Waals surface area contributed by atoms with Crippen molar-refractivity contribution in [3.63, 3.8) is 0 Å². The Bertz CT molecular complexity index is 820. The fraction of sp³-hybridized carbons (Fsp3) is 0.368. The third-order valence-electron chi connectivity index (χ3n) is 4.86. The molecule has 23 heavy (non-hydrogen) atoms. The molecule has 0 spiro atoms. The van der Waals surface area contributed by atoms with E-state index in [0.29, 0.717) is 5.82 Å². The number of nitrogens with zero attached hydrogens (tertiary/aromatic N) is 3. The summed E-state index contributed by atoms with van der Waals surface area (Å²) in [6.07, 6.45) is 8.56. The largest absolute Gasteiger partial charge is 0.382 e. The lowest BCUT2D eigenvalue weighted by molar-refractivity contribution is 0.606. The molecule has 0 bridgehead atoms. The van der Waals surface area contributed by atoms with E-state index in [2.05, 4.69) is 44.9 Å². The Morgan fingerprint density at radius 2 is 1.91 bits per heavy atom. The topological polar surface area (TPSA) is 56.7 Å². The van der Waals surface area contributed by atoms with Gasteiger partial charge < -0.3 is 10.3 Å². The Morgan fingerprint density at radius 1 is 1.04 bits per heavy atom. The molecule has 0 unspecified atom stereocenters. The average molecular weight is 306 g/mol. The monoisotopic (exact) mass is 306 g/mol. The summed E-state index contributed by atoms with van der Waals surface area (Å²) in [6, 6.07) is 10.7. The van der Waals surface area contributed by atoms with Crippen molar-refractivity contribution >= 4 is 16.9 Å². The zero-order valence-corrected chi connectivity index (χ0v) is 13.3. The van der Waals surface area contributed by atoms with Crippen LogP contribution >= 0.6 is 0 Å². The van der Waals surface area contributed by atoms with Gasteiger partial charge in [0, 0.05) is 12.2 Å². The molecule has 4 rings (SSSR count). The Labute approximate surface area is 136 Å². The van der Waals surface area contributed by atoms with E-state index in [4.69, 9.17) is 5.73 Å². The van der Waals surface area contributed by atoms with Gasteiger partial charge in [0.25, 0.3) is 0 Å². The number of anilines is 1. The molecular formula is C19H22N4. The van der Waals surface area contributed by atoms with E-state index in [0.717, 1.165) is 43.3 Å². The standard InChI is InChI=1S/C19H22N4/c20-19-18-17(21-13-22-19)15-10-6-11-16(15)23(18)12-5-4-9-14-7-2-1-3-8-14/h1-3,7-8,13H,4-6,9-12H2,(H2,20,21,22). The van der Waals surface area contributed by atoms with Gasteiger partial charge in [0.15, 0.2) is 5.82 Å². The van der Waals surface area contributed by atoms with Crippen LogP contribution in [0.1, 0.15) is 36.1 Å². The molecule has 2 N–H and O–H groups in total. The van der Waals surface area contributed by atoms with Gasteiger partial charge in [-0.05, 0) is 49.7 Å². The van der Waals surface area contributed by atoms with Crippen LogP contribution in [-0.4, -0.2) is 14.5 Å². The molecule has 0 atom stereocenters. The Morgan fingerprint density at radius 3 is 2.78 bits per heavy atom. The molecule has 1 aliphatic rings. The summed E-state index contributed by atoms with van der Waals surface area (Å²) in [5, 5.41) is 0. The van der Waals surface area contributed by atoms with Crippen molar-refractivity contribution < 1.29 is 0 Å². The summed E-state index contributed by atoms with van der Waals surface area (Å²) in [5.41, 5.74) is 12.5. The highest BCUT2D eigenvalue weighted by atomic mass is 15.1. The maximum Gasteiger partial charge on any atom is 0.151 e. The van der Waals surface area contributed by atoms with Crippen LogP contribution in [0.15, 0.2) is 36.7 Å². The number of benzene rings is 1. The molecule has 4 nitrogen and oxygen atoms in total. The molecule has 0 amide bonds. The number of aryl methyl sites for hydroxylation is 3. The number of aromatic nitrogens is 3. The van der Waals surface area contributed by atoms with Gasteiger partial charge in [-0.1, -0.05) is 30.3 Å². The van der Waals surface area contributed by atoms with Crippen LogP contribution in [0.25, 0.3) is 11.0 Å². The fourth-order valence-corrected chi connectivity index (χ4v) is 3.79. The highest BCUT2D eigenvalue weighted by Crippen LogP contribution is 2.33. The van der Waals surface area contributed by atoms with Crippen molar-refractivity contribution in [1.29, 1.82) is 0 Å². The Hall–Kier alpha value is -2.36. The first-order valence-corrected chi connectivity index (χ1v) is 8.49. The van der Waals surface area contributed by atoms with Gasteiger partial charge in [0.1, 0.15) is 11.8 Å². The number of nitrogens with two attached hydrogens (primary N) is 1. The number of fused-ring (bicyclic) bond motifs is 3. The van der Waals surface area contributed by atoms with E-state index >= 15 is 0 Å². The van der Waals surface area contributed by atoms with Crippen LogP contribution in [0, 0.1) is 0 Å². The second kappa shape index (κ2) is 6.03. The highest BCUT2D eigenvalue weighted by molar-refractivity contribution is 5.89. The summed E-state index contributed by atoms with van der Waals surface area (Å²) >= 11 is 0. The smallest absolute Gasteiger partial charge is 0.151 e. The van der Waals surface area contributed by atoms with E-state index in [1.165, 1.54) is 29.7 Å². The van der Waals surface area contributed by atoms with Gasteiger partial charge >= 0.3 is 0 Å². The van der Waals surface area contributed by atoms with E-state index in [-0.39, 0.29) is 0 Å². The lowest BCUT2D eigenvalue weighted by Gasteiger charge is -2.10. The molecular weight excluding hydrogens is 284 g/mol. The number of nitrogen functional groups attached to an aromatic ring is 1. The molecule has 0 radical (unpaired) electrons. The number of rotatable bonds is 5. The minimum atomic E-state index is 0.618. The number of hydrogen-bond acceptors (Lipinski definition) is 3. The molecule has 1 aromatic carbocycles. The lowest BCUT2D eigenvalue weighted by Crippen LogP contribution is -2.05. The van der Waals surface area contributed by atoms with Gasteiger partial charge in [0.2, 0.25) is 0 Å². The zero-order chi connectivity index (χ0) is 15.6. The second-order valence-corrected chi connectivity index (χ2v) is 6.33. The van der Waals surface area contributed by atoms with Crippen molar-refractivity contribution in [1.82, 2.24) is 14.5 Å². The molecule has 2 aromatic heterocycles. The predicted molar refractivity (Wildman–Crippen MR) is 93.3 cm³/mol. The van der Waals surface area contributed by atoms with Crippen molar-refractivity contribution in [3.8, 4) is 0 Å². The molecule has 0 saturated carbocycles. The fourth-order valence-electron chi connectivity index (χ4n) is 3.79. The van der Waals surface area contributed by atoms with Crippen LogP contribution in [0.3, 0.4) is 0 Å². The van der Waals surface area contributed by atoms with Gasteiger partial charge in [-0.3, -0.25) is 0 Å². The maximum atomic E-state index is 6.14. The van der Waals surface area contributed by atoms with E-state index in [1.54, 1.807) is 6.33 Å². The lowest BCUT2D eigenvalue weighted by atomic mass is 10.1. The first-order chi connectivity index (χ1) is 11.3. The van der Waals surface area contributed by atoms with Crippen LogP contribution < -0.4 is 5.73 Å². The van der Waals surface area contributed by atoms with Gasteiger partial charge in [-0.25, -0.2) is 9.97 Å². The summed E-state index contributed by atoms with van der Waals surface area (Å²) < 4.78 is 2.39. The molecule has 0 saturated heterocycles.